The van der Waals surface area contributed by atoms with Crippen molar-refractivity contribution in [3.05, 3.63) is 36.4 Å². The van der Waals surface area contributed by atoms with Crippen molar-refractivity contribution in [1.29, 1.82) is 5.26 Å². The van der Waals surface area contributed by atoms with E-state index < -0.39 is 5.62 Å². The summed E-state index contributed by atoms with van der Waals surface area (Å²) in [4.78, 5) is 7.87. The highest BCUT2D eigenvalue weighted by Gasteiger charge is 2.41. The normalized spacial score (nSPS) is 20.3. The van der Waals surface area contributed by atoms with Crippen LogP contribution in [0.25, 0.3) is 28.9 Å². The number of aromatic nitrogens is 5. The number of hydrogen-bond acceptors (Lipinski definition) is 8. The maximum atomic E-state index is 9.48. The molecule has 1 aliphatic carbocycles. The number of anilines is 1. The van der Waals surface area contributed by atoms with Crippen molar-refractivity contribution in [2.45, 2.75) is 37.2 Å². The molecule has 0 bridgehead atoms. The van der Waals surface area contributed by atoms with Crippen LogP contribution in [0.3, 0.4) is 0 Å². The largest absolute Gasteiger partial charge is 0.339 e. The molecule has 0 spiro atoms. The molecule has 2 aliphatic heterocycles. The highest BCUT2D eigenvalue weighted by molar-refractivity contribution is 6.23. The summed E-state index contributed by atoms with van der Waals surface area (Å²) in [6.07, 6.45) is 8.28. The van der Waals surface area contributed by atoms with Gasteiger partial charge in [0.15, 0.2) is 17.6 Å². The molecule has 0 saturated heterocycles. The summed E-state index contributed by atoms with van der Waals surface area (Å²) < 4.78 is 7.38. The number of alkyl halides is 1. The van der Waals surface area contributed by atoms with Crippen LogP contribution in [0.1, 0.15) is 37.5 Å². The summed E-state index contributed by atoms with van der Waals surface area (Å²) in [5, 5.41) is 22.4. The molecule has 1 atom stereocenters. The molecule has 2 aromatic heterocycles. The highest BCUT2D eigenvalue weighted by Crippen LogP contribution is 2.46. The summed E-state index contributed by atoms with van der Waals surface area (Å²) >= 11 is 6.58. The molecular weight excluding hydrogens is 392 g/mol. The second-order valence-electron chi connectivity index (χ2n) is 7.31. The Morgan fingerprint density at radius 3 is 2.76 bits per heavy atom. The van der Waals surface area contributed by atoms with Crippen LogP contribution >= 0.6 is 11.6 Å². The summed E-state index contributed by atoms with van der Waals surface area (Å²) in [5.41, 5.74) is 1.05. The van der Waals surface area contributed by atoms with Crippen molar-refractivity contribution in [1.82, 2.24) is 29.8 Å². The van der Waals surface area contributed by atoms with Gasteiger partial charge in [-0.15, -0.1) is 10.2 Å². The van der Waals surface area contributed by atoms with Crippen molar-refractivity contribution in [3.8, 4) is 29.2 Å². The van der Waals surface area contributed by atoms with Gasteiger partial charge in [0.05, 0.1) is 11.9 Å². The van der Waals surface area contributed by atoms with Crippen LogP contribution in [0.4, 0.5) is 5.69 Å². The fourth-order valence-corrected chi connectivity index (χ4v) is 4.62. The van der Waals surface area contributed by atoms with Gasteiger partial charge in [0, 0.05) is 11.5 Å². The van der Waals surface area contributed by atoms with Crippen molar-refractivity contribution in [2.24, 2.45) is 0 Å². The molecule has 29 heavy (non-hydrogen) atoms. The molecule has 3 aliphatic rings. The Kier molecular flexibility index (Phi) is 3.46. The molecule has 10 heteroatoms. The van der Waals surface area contributed by atoms with Gasteiger partial charge in [-0.25, -0.2) is 4.90 Å². The number of halogens is 1. The van der Waals surface area contributed by atoms with Gasteiger partial charge in [0.25, 0.3) is 0 Å². The molecule has 1 aromatic carbocycles. The first-order valence-corrected chi connectivity index (χ1v) is 9.92. The standard InChI is InChI=1S/C19H15ClN8O/c20-19-26(10-21)9-14-27(19)13-8-4-3-7-12(13)16-23-24-17(28(14)16)15-22-18(29-25-15)11-5-1-2-6-11/h3-4,7-9,11,19H,1-2,5-6H2. The summed E-state index contributed by atoms with van der Waals surface area (Å²) in [7, 11) is 0. The fraction of sp³-hybridized carbons (Fsp3) is 0.316. The second kappa shape index (κ2) is 6.06. The molecule has 1 saturated carbocycles. The Balaban J connectivity index is 1.53. The van der Waals surface area contributed by atoms with E-state index in [1.165, 1.54) is 17.7 Å². The molecule has 0 N–H and O–H groups in total. The molecule has 1 fully saturated rings. The monoisotopic (exact) mass is 406 g/mol. The van der Waals surface area contributed by atoms with Crippen molar-refractivity contribution >= 4 is 23.1 Å². The Morgan fingerprint density at radius 1 is 1.14 bits per heavy atom. The minimum absolute atomic E-state index is 0.309. The number of benzene rings is 1. The first-order valence-electron chi connectivity index (χ1n) is 9.48. The Morgan fingerprint density at radius 2 is 1.93 bits per heavy atom. The second-order valence-corrected chi connectivity index (χ2v) is 7.70. The van der Waals surface area contributed by atoms with E-state index in [0.717, 1.165) is 24.1 Å². The van der Waals surface area contributed by atoms with E-state index in [-0.39, 0.29) is 0 Å². The zero-order valence-electron chi connectivity index (χ0n) is 15.2. The number of fused-ring (bicyclic) bond motifs is 6. The summed E-state index contributed by atoms with van der Waals surface area (Å²) in [6, 6.07) is 7.76. The molecule has 4 heterocycles. The molecule has 9 nitrogen and oxygen atoms in total. The Bertz CT molecular complexity index is 1190. The van der Waals surface area contributed by atoms with Crippen LogP contribution < -0.4 is 4.90 Å². The fourth-order valence-electron chi connectivity index (χ4n) is 4.32. The maximum absolute atomic E-state index is 9.48. The maximum Gasteiger partial charge on any atom is 0.240 e. The van der Waals surface area contributed by atoms with E-state index in [4.69, 9.17) is 16.1 Å². The third-order valence-corrected chi connectivity index (χ3v) is 6.11. The van der Waals surface area contributed by atoms with Crippen LogP contribution in [0, 0.1) is 11.5 Å². The molecule has 0 radical (unpaired) electrons. The van der Waals surface area contributed by atoms with Gasteiger partial charge in [0.2, 0.25) is 17.5 Å². The van der Waals surface area contributed by atoms with E-state index >= 15 is 0 Å². The van der Waals surface area contributed by atoms with Crippen molar-refractivity contribution < 1.29 is 4.52 Å². The third-order valence-electron chi connectivity index (χ3n) is 5.70. The molecule has 1 unspecified atom stereocenters. The smallest absolute Gasteiger partial charge is 0.240 e. The number of hydrogen-bond donors (Lipinski definition) is 0. The predicted molar refractivity (Wildman–Crippen MR) is 104 cm³/mol. The Labute approximate surface area is 170 Å². The molecule has 144 valence electrons. The van der Waals surface area contributed by atoms with E-state index in [1.807, 2.05) is 33.7 Å². The SMILES string of the molecule is N#CN1C=C2N(c3ccccc3-c3nnc(-c4noc(C5CCCC5)n4)n32)C1Cl. The predicted octanol–water partition coefficient (Wildman–Crippen LogP) is 3.55. The van der Waals surface area contributed by atoms with Gasteiger partial charge in [-0.2, -0.15) is 10.2 Å². The number of nitriles is 1. The highest BCUT2D eigenvalue weighted by atomic mass is 35.5. The first kappa shape index (κ1) is 16.6. The number of para-hydroxylation sites is 1. The number of nitrogens with zero attached hydrogens (tertiary/aromatic N) is 8. The molecule has 3 aromatic rings. The zero-order valence-corrected chi connectivity index (χ0v) is 16.0. The summed E-state index contributed by atoms with van der Waals surface area (Å²) in [6.45, 7) is 0. The van der Waals surface area contributed by atoms with Crippen LogP contribution in [0.5, 0.6) is 0 Å². The van der Waals surface area contributed by atoms with E-state index in [2.05, 4.69) is 26.5 Å². The van der Waals surface area contributed by atoms with E-state index in [9.17, 15) is 5.26 Å². The van der Waals surface area contributed by atoms with Crippen LogP contribution in [-0.4, -0.2) is 35.4 Å². The van der Waals surface area contributed by atoms with Gasteiger partial charge in [-0.05, 0) is 25.0 Å². The topological polar surface area (TPSA) is 99.9 Å². The van der Waals surface area contributed by atoms with Gasteiger partial charge in [-0.3, -0.25) is 9.47 Å². The van der Waals surface area contributed by atoms with Crippen molar-refractivity contribution in [3.63, 3.8) is 0 Å². The minimum Gasteiger partial charge on any atom is -0.339 e. The van der Waals surface area contributed by atoms with Crippen LogP contribution in [0.15, 0.2) is 35.0 Å². The lowest BCUT2D eigenvalue weighted by Crippen LogP contribution is -2.36. The Hall–Kier alpha value is -3.38. The average Bonchev–Trinajstić information content (AvgIpc) is 3.52. The quantitative estimate of drug-likeness (QED) is 0.362. The lowest BCUT2D eigenvalue weighted by Gasteiger charge is -2.32. The number of rotatable bonds is 2. The molecule has 0 amide bonds. The lowest BCUT2D eigenvalue weighted by molar-refractivity contribution is 0.354. The van der Waals surface area contributed by atoms with Gasteiger partial charge in [0.1, 0.15) is 5.82 Å². The lowest BCUT2D eigenvalue weighted by atomic mass is 10.1. The molecular formula is C19H15ClN8O. The third kappa shape index (κ3) is 2.26. The van der Waals surface area contributed by atoms with Gasteiger partial charge < -0.3 is 4.52 Å². The first-order chi connectivity index (χ1) is 14.3. The minimum atomic E-state index is -0.682. The van der Waals surface area contributed by atoms with Gasteiger partial charge in [-0.1, -0.05) is 41.7 Å². The molecule has 6 rings (SSSR count). The van der Waals surface area contributed by atoms with E-state index in [0.29, 0.717) is 35.1 Å². The van der Waals surface area contributed by atoms with Crippen LogP contribution in [-0.2, 0) is 0 Å². The van der Waals surface area contributed by atoms with E-state index in [1.54, 1.807) is 6.20 Å². The van der Waals surface area contributed by atoms with Crippen molar-refractivity contribution in [2.75, 3.05) is 4.90 Å². The zero-order chi connectivity index (χ0) is 19.5. The average molecular weight is 407 g/mol. The van der Waals surface area contributed by atoms with Gasteiger partial charge >= 0.3 is 0 Å². The summed E-state index contributed by atoms with van der Waals surface area (Å²) in [5.74, 6) is 3.12. The van der Waals surface area contributed by atoms with Crippen LogP contribution in [0.2, 0.25) is 0 Å².